The van der Waals surface area contributed by atoms with Crippen molar-refractivity contribution in [2.75, 3.05) is 13.2 Å². The maximum atomic E-state index is 12.0. The van der Waals surface area contributed by atoms with Crippen LogP contribution in [-0.4, -0.2) is 40.8 Å². The molecule has 2 heterocycles. The van der Waals surface area contributed by atoms with Gasteiger partial charge in [0.15, 0.2) is 0 Å². The van der Waals surface area contributed by atoms with E-state index in [9.17, 15) is 14.7 Å². The summed E-state index contributed by atoms with van der Waals surface area (Å²) in [7, 11) is 1.74. The summed E-state index contributed by atoms with van der Waals surface area (Å²) in [5, 5.41) is 11.9. The maximum absolute atomic E-state index is 12.0. The molecular formula is C13H18N2O4. The van der Waals surface area contributed by atoms with Gasteiger partial charge >= 0.3 is 5.97 Å². The summed E-state index contributed by atoms with van der Waals surface area (Å²) in [6, 6.07) is 2.50. The zero-order valence-electron chi connectivity index (χ0n) is 10.8. The molecule has 19 heavy (non-hydrogen) atoms. The predicted molar refractivity (Wildman–Crippen MR) is 67.8 cm³/mol. The number of aryl methyl sites for hydroxylation is 1. The van der Waals surface area contributed by atoms with Crippen molar-refractivity contribution in [3.05, 3.63) is 24.0 Å². The van der Waals surface area contributed by atoms with Gasteiger partial charge in [0.1, 0.15) is 11.7 Å². The molecule has 2 atom stereocenters. The van der Waals surface area contributed by atoms with E-state index in [1.165, 1.54) is 0 Å². The van der Waals surface area contributed by atoms with E-state index in [1.807, 2.05) is 0 Å². The Hall–Kier alpha value is -1.82. The lowest BCUT2D eigenvalue weighted by atomic mass is 9.93. The Balaban J connectivity index is 2.06. The Kier molecular flexibility index (Phi) is 4.21. The number of carbonyl (C=O) groups excluding carboxylic acids is 1. The van der Waals surface area contributed by atoms with E-state index in [4.69, 9.17) is 4.74 Å². The van der Waals surface area contributed by atoms with Crippen molar-refractivity contribution in [3.63, 3.8) is 0 Å². The normalized spacial score (nSPS) is 20.8. The minimum absolute atomic E-state index is 0.171. The van der Waals surface area contributed by atoms with Crippen LogP contribution < -0.4 is 5.32 Å². The van der Waals surface area contributed by atoms with Crippen LogP contribution in [0.1, 0.15) is 23.3 Å². The number of carboxylic acid groups (broad SMARTS) is 1. The van der Waals surface area contributed by atoms with Crippen LogP contribution in [0.4, 0.5) is 0 Å². The third-order valence-corrected chi connectivity index (χ3v) is 3.40. The largest absolute Gasteiger partial charge is 0.480 e. The number of ether oxygens (including phenoxy) is 1. The molecule has 1 aliphatic heterocycles. The second kappa shape index (κ2) is 5.88. The minimum Gasteiger partial charge on any atom is -0.480 e. The lowest BCUT2D eigenvalue weighted by Gasteiger charge is -2.28. The van der Waals surface area contributed by atoms with E-state index in [1.54, 1.807) is 29.9 Å². The van der Waals surface area contributed by atoms with Gasteiger partial charge in [0.25, 0.3) is 5.91 Å². The van der Waals surface area contributed by atoms with Gasteiger partial charge < -0.3 is 19.7 Å². The molecule has 1 aromatic rings. The number of hydrogen-bond acceptors (Lipinski definition) is 3. The second-order valence-electron chi connectivity index (χ2n) is 4.77. The number of nitrogens with one attached hydrogen (secondary N) is 1. The first kappa shape index (κ1) is 13.6. The zero-order chi connectivity index (χ0) is 13.8. The van der Waals surface area contributed by atoms with Gasteiger partial charge in [-0.1, -0.05) is 0 Å². The summed E-state index contributed by atoms with van der Waals surface area (Å²) in [5.74, 6) is -1.56. The average molecular weight is 266 g/mol. The number of aromatic nitrogens is 1. The summed E-state index contributed by atoms with van der Waals surface area (Å²) >= 11 is 0. The molecule has 6 nitrogen and oxygen atoms in total. The van der Waals surface area contributed by atoms with Crippen LogP contribution in [0.5, 0.6) is 0 Å². The molecule has 0 aliphatic carbocycles. The van der Waals surface area contributed by atoms with Crippen LogP contribution in [0.15, 0.2) is 18.3 Å². The minimum atomic E-state index is -1.02. The van der Waals surface area contributed by atoms with Crippen LogP contribution in [0.25, 0.3) is 0 Å². The van der Waals surface area contributed by atoms with Gasteiger partial charge in [-0.2, -0.15) is 0 Å². The SMILES string of the molecule is Cn1cccc1C(=O)NC(C(=O)O)C1CCCOC1. The second-order valence-corrected chi connectivity index (χ2v) is 4.77. The number of carboxylic acids is 1. The highest BCUT2D eigenvalue weighted by Gasteiger charge is 2.31. The molecule has 0 aromatic carbocycles. The molecule has 1 fully saturated rings. The lowest BCUT2D eigenvalue weighted by Crippen LogP contribution is -2.48. The summed E-state index contributed by atoms with van der Waals surface area (Å²) < 4.78 is 6.95. The molecule has 104 valence electrons. The number of hydrogen-bond donors (Lipinski definition) is 2. The fourth-order valence-electron chi connectivity index (χ4n) is 2.32. The van der Waals surface area contributed by atoms with Gasteiger partial charge in [-0.15, -0.1) is 0 Å². The van der Waals surface area contributed by atoms with Crippen molar-refractivity contribution in [2.24, 2.45) is 13.0 Å². The molecule has 0 radical (unpaired) electrons. The van der Waals surface area contributed by atoms with E-state index in [0.29, 0.717) is 18.9 Å². The topological polar surface area (TPSA) is 80.6 Å². The van der Waals surface area contributed by atoms with Crippen molar-refractivity contribution in [3.8, 4) is 0 Å². The van der Waals surface area contributed by atoms with Gasteiger partial charge in [-0.3, -0.25) is 4.79 Å². The van der Waals surface area contributed by atoms with E-state index in [0.717, 1.165) is 12.8 Å². The summed E-state index contributed by atoms with van der Waals surface area (Å²) in [6.45, 7) is 1.04. The summed E-state index contributed by atoms with van der Waals surface area (Å²) in [4.78, 5) is 23.4. The highest BCUT2D eigenvalue weighted by molar-refractivity contribution is 5.95. The molecule has 6 heteroatoms. The first-order valence-corrected chi connectivity index (χ1v) is 6.32. The Labute approximate surface area is 111 Å². The molecule has 2 rings (SSSR count). The van der Waals surface area contributed by atoms with Crippen LogP contribution in [0.3, 0.4) is 0 Å². The number of aliphatic carboxylic acids is 1. The standard InChI is InChI=1S/C13H18N2O4/c1-15-6-2-5-10(15)12(16)14-11(13(17)18)9-4-3-7-19-8-9/h2,5-6,9,11H,3-4,7-8H2,1H3,(H,14,16)(H,17,18). The number of rotatable bonds is 4. The van der Waals surface area contributed by atoms with E-state index >= 15 is 0 Å². The van der Waals surface area contributed by atoms with Crippen molar-refractivity contribution in [1.82, 2.24) is 9.88 Å². The molecule has 0 saturated carbocycles. The first-order chi connectivity index (χ1) is 9.09. The number of nitrogens with zero attached hydrogens (tertiary/aromatic N) is 1. The molecule has 1 aliphatic rings. The molecule has 2 unspecified atom stereocenters. The van der Waals surface area contributed by atoms with Crippen LogP contribution in [0.2, 0.25) is 0 Å². The quantitative estimate of drug-likeness (QED) is 0.837. The van der Waals surface area contributed by atoms with Crippen molar-refractivity contribution < 1.29 is 19.4 Å². The monoisotopic (exact) mass is 266 g/mol. The van der Waals surface area contributed by atoms with Crippen LogP contribution >= 0.6 is 0 Å². The van der Waals surface area contributed by atoms with Gasteiger partial charge in [0, 0.05) is 25.8 Å². The van der Waals surface area contributed by atoms with Crippen LogP contribution in [-0.2, 0) is 16.6 Å². The Bertz CT molecular complexity index is 463. The highest BCUT2D eigenvalue weighted by atomic mass is 16.5. The zero-order valence-corrected chi connectivity index (χ0v) is 10.8. The fourth-order valence-corrected chi connectivity index (χ4v) is 2.32. The van der Waals surface area contributed by atoms with Crippen molar-refractivity contribution >= 4 is 11.9 Å². The fraction of sp³-hybridized carbons (Fsp3) is 0.538. The Morgan fingerprint density at radius 3 is 2.89 bits per heavy atom. The number of amides is 1. The van der Waals surface area contributed by atoms with E-state index in [-0.39, 0.29) is 11.8 Å². The Morgan fingerprint density at radius 1 is 1.58 bits per heavy atom. The average Bonchev–Trinajstić information content (AvgIpc) is 2.82. The summed E-state index contributed by atoms with van der Waals surface area (Å²) in [5.41, 5.74) is 0.447. The third-order valence-electron chi connectivity index (χ3n) is 3.40. The van der Waals surface area contributed by atoms with Gasteiger partial charge in [-0.05, 0) is 25.0 Å². The lowest BCUT2D eigenvalue weighted by molar-refractivity contribution is -0.142. The molecule has 0 spiro atoms. The third kappa shape index (κ3) is 3.14. The Morgan fingerprint density at radius 2 is 2.37 bits per heavy atom. The smallest absolute Gasteiger partial charge is 0.326 e. The maximum Gasteiger partial charge on any atom is 0.326 e. The summed E-state index contributed by atoms with van der Waals surface area (Å²) in [6.07, 6.45) is 3.33. The number of carbonyl (C=O) groups is 2. The highest BCUT2D eigenvalue weighted by Crippen LogP contribution is 2.18. The molecule has 1 saturated heterocycles. The molecular weight excluding hydrogens is 248 g/mol. The molecule has 1 aromatic heterocycles. The van der Waals surface area contributed by atoms with Crippen LogP contribution in [0, 0.1) is 5.92 Å². The first-order valence-electron chi connectivity index (χ1n) is 6.32. The van der Waals surface area contributed by atoms with Crippen molar-refractivity contribution in [1.29, 1.82) is 0 Å². The van der Waals surface area contributed by atoms with Gasteiger partial charge in [-0.25, -0.2) is 4.79 Å². The van der Waals surface area contributed by atoms with E-state index in [2.05, 4.69) is 5.32 Å². The predicted octanol–water partition coefficient (Wildman–Crippen LogP) is 0.635. The molecule has 1 amide bonds. The van der Waals surface area contributed by atoms with Gasteiger partial charge in [0.05, 0.1) is 6.61 Å². The van der Waals surface area contributed by atoms with Crippen molar-refractivity contribution in [2.45, 2.75) is 18.9 Å². The van der Waals surface area contributed by atoms with Gasteiger partial charge in [0.2, 0.25) is 0 Å². The molecule has 0 bridgehead atoms. The van der Waals surface area contributed by atoms with E-state index < -0.39 is 12.0 Å². The molecule has 2 N–H and O–H groups in total.